The molecular formula is C7H5N3O. The molecule has 0 aliphatic rings. The van der Waals surface area contributed by atoms with Crippen LogP contribution in [0.4, 0.5) is 0 Å². The highest BCUT2D eigenvalue weighted by molar-refractivity contribution is 6.10. The van der Waals surface area contributed by atoms with E-state index in [0.717, 1.165) is 0 Å². The maximum Gasteiger partial charge on any atom is 0.188 e. The molecule has 1 N–H and O–H groups in total. The summed E-state index contributed by atoms with van der Waals surface area (Å²) in [5, 5.41) is 19.5. The van der Waals surface area contributed by atoms with Crippen LogP contribution in [0.3, 0.4) is 0 Å². The van der Waals surface area contributed by atoms with Gasteiger partial charge in [0, 0.05) is 18.0 Å². The molecule has 0 aliphatic carbocycles. The molecule has 1 aromatic heterocycles. The molecule has 4 heteroatoms. The lowest BCUT2D eigenvalue weighted by molar-refractivity contribution is 0.320. The second-order valence-corrected chi connectivity index (χ2v) is 1.80. The topological polar surface area (TPSA) is 69.3 Å². The molecule has 0 aromatic carbocycles. The number of hydrogen-bond acceptors (Lipinski definition) is 4. The van der Waals surface area contributed by atoms with Crippen molar-refractivity contribution >= 4 is 5.71 Å². The largest absolute Gasteiger partial charge is 0.410 e. The predicted molar refractivity (Wildman–Crippen MR) is 38.2 cm³/mol. The summed E-state index contributed by atoms with van der Waals surface area (Å²) in [5.74, 6) is 0. The van der Waals surface area contributed by atoms with E-state index in [1.54, 1.807) is 24.4 Å². The molecule has 1 heterocycles. The van der Waals surface area contributed by atoms with E-state index in [1.807, 2.05) is 0 Å². The minimum Gasteiger partial charge on any atom is -0.410 e. The summed E-state index contributed by atoms with van der Waals surface area (Å²) in [5.41, 5.74) is 0.482. The Labute approximate surface area is 63.4 Å². The maximum absolute atomic E-state index is 8.41. The van der Waals surface area contributed by atoms with Gasteiger partial charge in [-0.1, -0.05) is 5.16 Å². The van der Waals surface area contributed by atoms with Crippen molar-refractivity contribution in [2.24, 2.45) is 5.16 Å². The first-order chi connectivity index (χ1) is 5.38. The number of pyridine rings is 1. The van der Waals surface area contributed by atoms with Crippen LogP contribution in [-0.2, 0) is 0 Å². The summed E-state index contributed by atoms with van der Waals surface area (Å²) in [6, 6.07) is 5.04. The molecule has 54 valence electrons. The Morgan fingerprint density at radius 1 is 1.73 bits per heavy atom. The molecule has 0 unspecified atom stereocenters. The number of nitrogens with zero attached hydrogens (tertiary/aromatic N) is 3. The third-order valence-corrected chi connectivity index (χ3v) is 1.14. The van der Waals surface area contributed by atoms with Gasteiger partial charge >= 0.3 is 0 Å². The summed E-state index contributed by atoms with van der Waals surface area (Å²) in [7, 11) is 0. The first-order valence-corrected chi connectivity index (χ1v) is 2.91. The Morgan fingerprint density at radius 2 is 2.55 bits per heavy atom. The zero-order valence-corrected chi connectivity index (χ0v) is 5.60. The lowest BCUT2D eigenvalue weighted by Gasteiger charge is -1.91. The second kappa shape index (κ2) is 3.32. The lowest BCUT2D eigenvalue weighted by Crippen LogP contribution is -1.96. The van der Waals surface area contributed by atoms with E-state index < -0.39 is 0 Å². The van der Waals surface area contributed by atoms with Crippen LogP contribution in [0.1, 0.15) is 5.56 Å². The zero-order valence-electron chi connectivity index (χ0n) is 5.60. The van der Waals surface area contributed by atoms with Crippen molar-refractivity contribution in [2.45, 2.75) is 0 Å². The fourth-order valence-electron chi connectivity index (χ4n) is 0.647. The SMILES string of the molecule is N#C/C(=N\O)c1cccnc1. The molecule has 11 heavy (non-hydrogen) atoms. The van der Waals surface area contributed by atoms with E-state index in [1.165, 1.54) is 6.20 Å². The zero-order chi connectivity index (χ0) is 8.10. The summed E-state index contributed by atoms with van der Waals surface area (Å²) >= 11 is 0. The Bertz CT molecular complexity index is 299. The minimum absolute atomic E-state index is 0.0295. The average Bonchev–Trinajstić information content (AvgIpc) is 2.09. The van der Waals surface area contributed by atoms with Crippen molar-refractivity contribution in [3.05, 3.63) is 30.1 Å². The fraction of sp³-hybridized carbons (Fsp3) is 0. The molecule has 1 rings (SSSR count). The van der Waals surface area contributed by atoms with Gasteiger partial charge in [-0.05, 0) is 12.1 Å². The standard InChI is InChI=1S/C7H5N3O/c8-4-7(10-11)6-2-1-3-9-5-6/h1-3,5,11H/b10-7+. The quantitative estimate of drug-likeness (QED) is 0.362. The van der Waals surface area contributed by atoms with Crippen LogP contribution in [0, 0.1) is 11.3 Å². The van der Waals surface area contributed by atoms with Crippen molar-refractivity contribution in [3.63, 3.8) is 0 Å². The predicted octanol–water partition coefficient (Wildman–Crippen LogP) is 0.783. The first kappa shape index (κ1) is 7.22. The molecule has 0 atom stereocenters. The van der Waals surface area contributed by atoms with Gasteiger partial charge in [-0.25, -0.2) is 0 Å². The third kappa shape index (κ3) is 1.52. The molecule has 0 amide bonds. The number of aromatic nitrogens is 1. The summed E-state index contributed by atoms with van der Waals surface area (Å²) < 4.78 is 0. The Hall–Kier alpha value is -1.89. The van der Waals surface area contributed by atoms with Crippen LogP contribution >= 0.6 is 0 Å². The summed E-state index contributed by atoms with van der Waals surface area (Å²) in [6.45, 7) is 0. The number of hydrogen-bond donors (Lipinski definition) is 1. The normalized spacial score (nSPS) is 10.6. The molecule has 0 radical (unpaired) electrons. The number of rotatable bonds is 1. The van der Waals surface area contributed by atoms with Crippen molar-refractivity contribution < 1.29 is 5.21 Å². The van der Waals surface area contributed by atoms with Crippen molar-refractivity contribution in [2.75, 3.05) is 0 Å². The molecule has 0 saturated carbocycles. The monoisotopic (exact) mass is 147 g/mol. The van der Waals surface area contributed by atoms with Crippen molar-refractivity contribution in [1.82, 2.24) is 4.98 Å². The fourth-order valence-corrected chi connectivity index (χ4v) is 0.647. The van der Waals surface area contributed by atoms with Gasteiger partial charge in [-0.3, -0.25) is 4.98 Å². The molecule has 4 nitrogen and oxygen atoms in total. The molecule has 0 fully saturated rings. The van der Waals surface area contributed by atoms with E-state index in [9.17, 15) is 0 Å². The van der Waals surface area contributed by atoms with E-state index >= 15 is 0 Å². The summed E-state index contributed by atoms with van der Waals surface area (Å²) in [6.07, 6.45) is 3.04. The van der Waals surface area contributed by atoms with Crippen LogP contribution in [0.2, 0.25) is 0 Å². The van der Waals surface area contributed by atoms with Crippen molar-refractivity contribution in [1.29, 1.82) is 5.26 Å². The van der Waals surface area contributed by atoms with Crippen LogP contribution in [0.25, 0.3) is 0 Å². The van der Waals surface area contributed by atoms with Gasteiger partial charge in [0.05, 0.1) is 0 Å². The highest BCUT2D eigenvalue weighted by Gasteiger charge is 2.00. The van der Waals surface area contributed by atoms with Crippen LogP contribution in [0.15, 0.2) is 29.7 Å². The smallest absolute Gasteiger partial charge is 0.188 e. The van der Waals surface area contributed by atoms with Gasteiger partial charge < -0.3 is 5.21 Å². The number of oxime groups is 1. The van der Waals surface area contributed by atoms with Crippen molar-refractivity contribution in [3.8, 4) is 6.07 Å². The summed E-state index contributed by atoms with van der Waals surface area (Å²) in [4.78, 5) is 3.76. The Balaban J connectivity index is 3.05. The van der Waals surface area contributed by atoms with E-state index in [4.69, 9.17) is 10.5 Å². The average molecular weight is 147 g/mol. The van der Waals surface area contributed by atoms with Gasteiger partial charge in [0.15, 0.2) is 5.71 Å². The van der Waals surface area contributed by atoms with Gasteiger partial charge in [0.25, 0.3) is 0 Å². The molecule has 0 aliphatic heterocycles. The molecule has 1 aromatic rings. The van der Waals surface area contributed by atoms with Gasteiger partial charge in [-0.15, -0.1) is 0 Å². The number of nitriles is 1. The molecular weight excluding hydrogens is 142 g/mol. The highest BCUT2D eigenvalue weighted by atomic mass is 16.4. The van der Waals surface area contributed by atoms with E-state index in [0.29, 0.717) is 5.56 Å². The van der Waals surface area contributed by atoms with Crippen LogP contribution < -0.4 is 0 Å². The van der Waals surface area contributed by atoms with E-state index in [-0.39, 0.29) is 5.71 Å². The Kier molecular flexibility index (Phi) is 2.18. The Morgan fingerprint density at radius 3 is 3.00 bits per heavy atom. The molecule has 0 saturated heterocycles. The second-order valence-electron chi connectivity index (χ2n) is 1.80. The van der Waals surface area contributed by atoms with Crippen LogP contribution in [-0.4, -0.2) is 15.9 Å². The van der Waals surface area contributed by atoms with E-state index in [2.05, 4.69) is 10.1 Å². The van der Waals surface area contributed by atoms with Crippen LogP contribution in [0.5, 0.6) is 0 Å². The van der Waals surface area contributed by atoms with Gasteiger partial charge in [0.2, 0.25) is 0 Å². The first-order valence-electron chi connectivity index (χ1n) is 2.91. The molecule has 0 spiro atoms. The third-order valence-electron chi connectivity index (χ3n) is 1.14. The minimum atomic E-state index is -0.0295. The lowest BCUT2D eigenvalue weighted by atomic mass is 10.2. The maximum atomic E-state index is 8.41. The highest BCUT2D eigenvalue weighted by Crippen LogP contribution is 1.96. The van der Waals surface area contributed by atoms with Gasteiger partial charge in [-0.2, -0.15) is 5.26 Å². The molecule has 0 bridgehead atoms. The van der Waals surface area contributed by atoms with Gasteiger partial charge in [0.1, 0.15) is 6.07 Å².